The van der Waals surface area contributed by atoms with Crippen LogP contribution in [0.25, 0.3) is 0 Å². The first-order chi connectivity index (χ1) is 14.9. The van der Waals surface area contributed by atoms with Gasteiger partial charge in [-0.05, 0) is 49.4 Å². The van der Waals surface area contributed by atoms with E-state index in [4.69, 9.17) is 27.9 Å². The van der Waals surface area contributed by atoms with Gasteiger partial charge in [0, 0.05) is 22.3 Å². The summed E-state index contributed by atoms with van der Waals surface area (Å²) in [7, 11) is 0. The van der Waals surface area contributed by atoms with Crippen LogP contribution in [0.15, 0.2) is 60.3 Å². The maximum Gasteiger partial charge on any atom is 0.234 e. The molecule has 0 fully saturated rings. The zero-order valence-corrected chi connectivity index (χ0v) is 18.8. The monoisotopic (exact) mass is 480 g/mol. The number of hydrogen-bond donors (Lipinski definition) is 1. The van der Waals surface area contributed by atoms with E-state index < -0.39 is 6.10 Å². The van der Waals surface area contributed by atoms with Crippen molar-refractivity contribution in [2.45, 2.75) is 24.7 Å². The Kier molecular flexibility index (Phi) is 7.95. The number of ether oxygens (including phenoxy) is 1. The van der Waals surface area contributed by atoms with Crippen LogP contribution in [0.2, 0.25) is 10.0 Å². The lowest BCUT2D eigenvalue weighted by atomic mass is 10.3. The maximum absolute atomic E-state index is 13.1. The average Bonchev–Trinajstić information content (AvgIpc) is 3.10. The Balaban J connectivity index is 1.67. The summed E-state index contributed by atoms with van der Waals surface area (Å²) in [6, 6.07) is 10.5. The number of benzene rings is 2. The molecule has 1 aromatic heterocycles. The Morgan fingerprint density at radius 3 is 2.58 bits per heavy atom. The number of hydrogen-bond acceptors (Lipinski definition) is 5. The highest BCUT2D eigenvalue weighted by atomic mass is 35.5. The van der Waals surface area contributed by atoms with Crippen molar-refractivity contribution in [3.05, 3.63) is 76.8 Å². The largest absolute Gasteiger partial charge is 0.483 e. The lowest BCUT2D eigenvalue weighted by Crippen LogP contribution is -2.15. The van der Waals surface area contributed by atoms with Gasteiger partial charge in [-0.2, -0.15) is 0 Å². The van der Waals surface area contributed by atoms with Gasteiger partial charge >= 0.3 is 0 Å². The predicted octanol–water partition coefficient (Wildman–Crippen LogP) is 5.78. The van der Waals surface area contributed by atoms with Gasteiger partial charge in [-0.3, -0.25) is 9.36 Å². The number of anilines is 1. The summed E-state index contributed by atoms with van der Waals surface area (Å²) in [4.78, 5) is 12.3. The molecular formula is C21H19Cl2FN4O2S. The number of halogens is 3. The molecule has 0 aliphatic heterocycles. The van der Waals surface area contributed by atoms with Gasteiger partial charge in [0.15, 0.2) is 17.1 Å². The molecule has 2 aromatic carbocycles. The normalized spacial score (nSPS) is 11.7. The van der Waals surface area contributed by atoms with Gasteiger partial charge in [-0.25, -0.2) is 4.39 Å². The molecule has 0 saturated carbocycles. The molecule has 0 bridgehead atoms. The van der Waals surface area contributed by atoms with Crippen LogP contribution < -0.4 is 10.1 Å². The van der Waals surface area contributed by atoms with E-state index in [9.17, 15) is 9.18 Å². The number of carbonyl (C=O) groups excluding carboxylic acids is 1. The average molecular weight is 481 g/mol. The van der Waals surface area contributed by atoms with Crippen LogP contribution in [0.4, 0.5) is 10.1 Å². The standard InChI is InChI=1S/C21H19Cl2FN4O2S/c1-3-8-28-20(13(2)30-18-6-4-16(24)5-7-18)26-27-21(28)31-12-19(29)25-17-10-14(22)9-15(23)11-17/h3-7,9-11,13H,1,8,12H2,2H3,(H,25,29). The van der Waals surface area contributed by atoms with Crippen LogP contribution in [-0.4, -0.2) is 26.4 Å². The third-order valence-electron chi connectivity index (χ3n) is 4.03. The van der Waals surface area contributed by atoms with E-state index in [2.05, 4.69) is 22.1 Å². The van der Waals surface area contributed by atoms with E-state index in [0.29, 0.717) is 39.0 Å². The highest BCUT2D eigenvalue weighted by Crippen LogP contribution is 2.26. The lowest BCUT2D eigenvalue weighted by molar-refractivity contribution is -0.113. The molecule has 0 spiro atoms. The highest BCUT2D eigenvalue weighted by Gasteiger charge is 2.20. The summed E-state index contributed by atoms with van der Waals surface area (Å²) in [6.07, 6.45) is 1.25. The Morgan fingerprint density at radius 2 is 1.94 bits per heavy atom. The third-order valence-corrected chi connectivity index (χ3v) is 5.43. The number of carbonyl (C=O) groups is 1. The van der Waals surface area contributed by atoms with Crippen molar-refractivity contribution in [3.63, 3.8) is 0 Å². The molecule has 0 aliphatic carbocycles. The molecule has 3 rings (SSSR count). The number of aromatic nitrogens is 3. The Bertz CT molecular complexity index is 1060. The Labute approximate surface area is 193 Å². The summed E-state index contributed by atoms with van der Waals surface area (Å²) in [5.41, 5.74) is 0.512. The van der Waals surface area contributed by atoms with Crippen LogP contribution in [0.5, 0.6) is 5.75 Å². The van der Waals surface area contributed by atoms with Crippen molar-refractivity contribution in [2.24, 2.45) is 0 Å². The van der Waals surface area contributed by atoms with Crippen LogP contribution in [0.3, 0.4) is 0 Å². The van der Waals surface area contributed by atoms with Gasteiger partial charge in [-0.1, -0.05) is 41.0 Å². The van der Waals surface area contributed by atoms with E-state index in [1.54, 1.807) is 36.4 Å². The van der Waals surface area contributed by atoms with E-state index in [0.717, 1.165) is 0 Å². The number of amides is 1. The number of nitrogens with zero attached hydrogens (tertiary/aromatic N) is 3. The summed E-state index contributed by atoms with van der Waals surface area (Å²) in [6.45, 7) is 6.02. The zero-order valence-electron chi connectivity index (χ0n) is 16.5. The van der Waals surface area contributed by atoms with Gasteiger partial charge < -0.3 is 10.1 Å². The maximum atomic E-state index is 13.1. The second-order valence-corrected chi connectivity index (χ2v) is 8.26. The lowest BCUT2D eigenvalue weighted by Gasteiger charge is -2.15. The summed E-state index contributed by atoms with van der Waals surface area (Å²) >= 11 is 13.1. The molecule has 0 aliphatic rings. The minimum atomic E-state index is -0.449. The van der Waals surface area contributed by atoms with Crippen molar-refractivity contribution in [3.8, 4) is 5.75 Å². The highest BCUT2D eigenvalue weighted by molar-refractivity contribution is 7.99. The zero-order chi connectivity index (χ0) is 22.4. The predicted molar refractivity (Wildman–Crippen MR) is 121 cm³/mol. The van der Waals surface area contributed by atoms with Crippen LogP contribution >= 0.6 is 35.0 Å². The molecule has 10 heteroatoms. The second kappa shape index (κ2) is 10.7. The molecule has 0 saturated heterocycles. The van der Waals surface area contributed by atoms with Gasteiger partial charge in [0.25, 0.3) is 0 Å². The molecule has 1 amide bonds. The molecule has 162 valence electrons. The number of thioether (sulfide) groups is 1. The topological polar surface area (TPSA) is 69.0 Å². The van der Waals surface area contributed by atoms with Crippen LogP contribution in [-0.2, 0) is 11.3 Å². The molecule has 1 heterocycles. The Morgan fingerprint density at radius 1 is 1.26 bits per heavy atom. The SMILES string of the molecule is C=CCn1c(SCC(=O)Nc2cc(Cl)cc(Cl)c2)nnc1C(C)Oc1ccc(F)cc1. The first-order valence-electron chi connectivity index (χ1n) is 9.20. The van der Waals surface area contributed by atoms with Crippen molar-refractivity contribution >= 4 is 46.6 Å². The quantitative estimate of drug-likeness (QED) is 0.310. The Hall–Kier alpha value is -2.55. The number of rotatable bonds is 9. The summed E-state index contributed by atoms with van der Waals surface area (Å²) in [5.74, 6) is 0.595. The smallest absolute Gasteiger partial charge is 0.234 e. The van der Waals surface area contributed by atoms with Gasteiger partial charge in [0.05, 0.1) is 5.75 Å². The fourth-order valence-electron chi connectivity index (χ4n) is 2.73. The van der Waals surface area contributed by atoms with Crippen LogP contribution in [0, 0.1) is 5.82 Å². The van der Waals surface area contributed by atoms with Crippen LogP contribution in [0.1, 0.15) is 18.9 Å². The first-order valence-corrected chi connectivity index (χ1v) is 10.9. The third kappa shape index (κ3) is 6.46. The fourth-order valence-corrected chi connectivity index (χ4v) is 4.01. The number of nitrogens with one attached hydrogen (secondary N) is 1. The van der Waals surface area contributed by atoms with Crippen molar-refractivity contribution in [1.82, 2.24) is 14.8 Å². The van der Waals surface area contributed by atoms with E-state index >= 15 is 0 Å². The minimum Gasteiger partial charge on any atom is -0.483 e. The molecule has 6 nitrogen and oxygen atoms in total. The van der Waals surface area contributed by atoms with Crippen molar-refractivity contribution in [2.75, 3.05) is 11.1 Å². The fraction of sp³-hybridized carbons (Fsp3) is 0.190. The summed E-state index contributed by atoms with van der Waals surface area (Å²) < 4.78 is 20.8. The molecule has 1 N–H and O–H groups in total. The molecule has 1 atom stereocenters. The van der Waals surface area contributed by atoms with E-state index in [1.165, 1.54) is 23.9 Å². The number of allylic oxidation sites excluding steroid dienone is 1. The minimum absolute atomic E-state index is 0.104. The van der Waals surface area contributed by atoms with E-state index in [-0.39, 0.29) is 17.5 Å². The molecule has 1 unspecified atom stereocenters. The van der Waals surface area contributed by atoms with Gasteiger partial charge in [-0.15, -0.1) is 16.8 Å². The molecule has 31 heavy (non-hydrogen) atoms. The first kappa shape index (κ1) is 23.1. The van der Waals surface area contributed by atoms with Crippen molar-refractivity contribution < 1.29 is 13.9 Å². The molecular weight excluding hydrogens is 462 g/mol. The van der Waals surface area contributed by atoms with E-state index in [1.807, 2.05) is 11.5 Å². The molecule has 3 aromatic rings. The summed E-state index contributed by atoms with van der Waals surface area (Å²) in [5, 5.41) is 12.6. The molecule has 0 radical (unpaired) electrons. The van der Waals surface area contributed by atoms with Gasteiger partial charge in [0.2, 0.25) is 5.91 Å². The second-order valence-electron chi connectivity index (χ2n) is 6.45. The van der Waals surface area contributed by atoms with Gasteiger partial charge in [0.1, 0.15) is 11.6 Å². The van der Waals surface area contributed by atoms with Crippen molar-refractivity contribution in [1.29, 1.82) is 0 Å².